The third kappa shape index (κ3) is 4.56. The minimum atomic E-state index is 0.0723. The topological polar surface area (TPSA) is 35.6 Å². The Bertz CT molecular complexity index is 429. The molecule has 0 radical (unpaired) electrons. The minimum Gasteiger partial charge on any atom is -0.387 e. The van der Waals surface area contributed by atoms with Gasteiger partial charge in [0.1, 0.15) is 0 Å². The summed E-state index contributed by atoms with van der Waals surface area (Å²) in [6, 6.07) is 5.87. The second-order valence-corrected chi connectivity index (χ2v) is 5.18. The van der Waals surface area contributed by atoms with Crippen LogP contribution in [0.5, 0.6) is 0 Å². The zero-order valence-corrected chi connectivity index (χ0v) is 12.7. The molecule has 0 aromatic heterocycles. The maximum Gasteiger partial charge on any atom is 0.255 e. The van der Waals surface area contributed by atoms with E-state index in [4.69, 9.17) is 0 Å². The Balaban J connectivity index is 2.71. The Morgan fingerprint density at radius 1 is 1.21 bits per heavy atom. The zero-order valence-electron chi connectivity index (χ0n) is 12.7. The Morgan fingerprint density at radius 3 is 2.47 bits per heavy atom. The fourth-order valence-electron chi connectivity index (χ4n) is 1.98. The van der Waals surface area contributed by atoms with Gasteiger partial charge in [0.2, 0.25) is 0 Å². The third-order valence-corrected chi connectivity index (χ3v) is 3.12. The van der Waals surface area contributed by atoms with Crippen LogP contribution in [0.25, 0.3) is 0 Å². The lowest BCUT2D eigenvalue weighted by atomic mass is 10.1. The number of rotatable bonds is 6. The highest BCUT2D eigenvalue weighted by atomic mass is 16.2. The number of anilines is 1. The molecule has 1 rings (SSSR count). The smallest absolute Gasteiger partial charge is 0.255 e. The summed E-state index contributed by atoms with van der Waals surface area (Å²) in [5.74, 6) is 0.0723. The van der Waals surface area contributed by atoms with Crippen molar-refractivity contribution < 1.29 is 4.79 Å². The van der Waals surface area contributed by atoms with Gasteiger partial charge in [-0.2, -0.15) is 0 Å². The van der Waals surface area contributed by atoms with Crippen molar-refractivity contribution in [2.45, 2.75) is 13.3 Å². The van der Waals surface area contributed by atoms with Gasteiger partial charge in [0.15, 0.2) is 0 Å². The van der Waals surface area contributed by atoms with Crippen LogP contribution in [0.3, 0.4) is 0 Å². The summed E-state index contributed by atoms with van der Waals surface area (Å²) in [7, 11) is 7.79. The lowest BCUT2D eigenvalue weighted by Gasteiger charge is -2.20. The molecule has 4 heteroatoms. The molecule has 0 spiro atoms. The van der Waals surface area contributed by atoms with Crippen molar-refractivity contribution in [1.82, 2.24) is 9.80 Å². The van der Waals surface area contributed by atoms with Crippen LogP contribution in [0.15, 0.2) is 18.2 Å². The van der Waals surface area contributed by atoms with Gasteiger partial charge in [-0.05, 0) is 51.7 Å². The first kappa shape index (κ1) is 15.5. The van der Waals surface area contributed by atoms with E-state index in [0.717, 1.165) is 36.3 Å². The largest absolute Gasteiger partial charge is 0.387 e. The van der Waals surface area contributed by atoms with E-state index in [2.05, 4.69) is 10.2 Å². The Labute approximate surface area is 116 Å². The lowest BCUT2D eigenvalue weighted by molar-refractivity contribution is 0.0791. The highest BCUT2D eigenvalue weighted by molar-refractivity contribution is 5.99. The van der Waals surface area contributed by atoms with E-state index in [9.17, 15) is 4.79 Å². The van der Waals surface area contributed by atoms with Gasteiger partial charge in [-0.1, -0.05) is 6.07 Å². The first-order valence-corrected chi connectivity index (χ1v) is 6.64. The summed E-state index contributed by atoms with van der Waals surface area (Å²) < 4.78 is 0. The summed E-state index contributed by atoms with van der Waals surface area (Å²) >= 11 is 0. The lowest BCUT2D eigenvalue weighted by Crippen LogP contribution is -2.30. The summed E-state index contributed by atoms with van der Waals surface area (Å²) in [4.78, 5) is 16.3. The van der Waals surface area contributed by atoms with E-state index in [1.165, 1.54) is 0 Å². The molecule has 19 heavy (non-hydrogen) atoms. The molecule has 0 aliphatic rings. The molecule has 0 aliphatic heterocycles. The van der Waals surface area contributed by atoms with Gasteiger partial charge in [-0.25, -0.2) is 0 Å². The van der Waals surface area contributed by atoms with E-state index < -0.39 is 0 Å². The molecule has 0 unspecified atom stereocenters. The molecule has 0 bridgehead atoms. The summed E-state index contributed by atoms with van der Waals surface area (Å²) in [5, 5.41) is 3.09. The molecular weight excluding hydrogens is 238 g/mol. The van der Waals surface area contributed by atoms with Crippen LogP contribution in [-0.2, 0) is 0 Å². The van der Waals surface area contributed by atoms with E-state index in [-0.39, 0.29) is 5.91 Å². The molecule has 1 aromatic carbocycles. The van der Waals surface area contributed by atoms with E-state index >= 15 is 0 Å². The van der Waals surface area contributed by atoms with Crippen molar-refractivity contribution in [3.63, 3.8) is 0 Å². The average Bonchev–Trinajstić information content (AvgIpc) is 2.37. The zero-order chi connectivity index (χ0) is 14.4. The van der Waals surface area contributed by atoms with Crippen LogP contribution in [0, 0.1) is 6.92 Å². The number of hydrogen-bond donors (Lipinski definition) is 1. The maximum atomic E-state index is 12.4. The van der Waals surface area contributed by atoms with Gasteiger partial charge in [0, 0.05) is 26.3 Å². The first-order valence-electron chi connectivity index (χ1n) is 6.64. The monoisotopic (exact) mass is 263 g/mol. The number of amides is 1. The second kappa shape index (κ2) is 7.14. The normalized spacial score (nSPS) is 10.6. The molecule has 0 fully saturated rings. The predicted octanol–water partition coefficient (Wildman–Crippen LogP) is 2.06. The fraction of sp³-hybridized carbons (Fsp3) is 0.533. The SMILES string of the molecule is CNc1cc(C)ccc1C(=O)N(C)CCCN(C)C. The Morgan fingerprint density at radius 2 is 1.89 bits per heavy atom. The van der Waals surface area contributed by atoms with Crippen molar-refractivity contribution in [3.8, 4) is 0 Å². The predicted molar refractivity (Wildman–Crippen MR) is 80.9 cm³/mol. The molecule has 0 saturated carbocycles. The molecular formula is C15H25N3O. The van der Waals surface area contributed by atoms with Crippen molar-refractivity contribution >= 4 is 11.6 Å². The summed E-state index contributed by atoms with van der Waals surface area (Å²) in [6.07, 6.45) is 0.982. The number of nitrogens with one attached hydrogen (secondary N) is 1. The highest BCUT2D eigenvalue weighted by Gasteiger charge is 2.15. The van der Waals surface area contributed by atoms with Gasteiger partial charge in [0.05, 0.1) is 5.56 Å². The number of carbonyl (C=O) groups excluding carboxylic acids is 1. The first-order chi connectivity index (χ1) is 8.95. The summed E-state index contributed by atoms with van der Waals surface area (Å²) in [5.41, 5.74) is 2.78. The van der Waals surface area contributed by atoms with E-state index in [1.54, 1.807) is 4.90 Å². The molecule has 1 aromatic rings. The third-order valence-electron chi connectivity index (χ3n) is 3.12. The fourth-order valence-corrected chi connectivity index (χ4v) is 1.98. The van der Waals surface area contributed by atoms with Crippen molar-refractivity contribution in [2.75, 3.05) is 46.6 Å². The maximum absolute atomic E-state index is 12.4. The molecule has 0 heterocycles. The molecule has 1 N–H and O–H groups in total. The van der Waals surface area contributed by atoms with Gasteiger partial charge in [-0.3, -0.25) is 4.79 Å². The number of carbonyl (C=O) groups is 1. The van der Waals surface area contributed by atoms with E-state index in [0.29, 0.717) is 0 Å². The molecule has 0 atom stereocenters. The molecule has 4 nitrogen and oxygen atoms in total. The van der Waals surface area contributed by atoms with Crippen LogP contribution in [-0.4, -0.2) is 57.0 Å². The van der Waals surface area contributed by atoms with Gasteiger partial charge < -0.3 is 15.1 Å². The van der Waals surface area contributed by atoms with Crippen molar-refractivity contribution in [1.29, 1.82) is 0 Å². The van der Waals surface area contributed by atoms with Crippen LogP contribution < -0.4 is 5.32 Å². The Kier molecular flexibility index (Phi) is 5.83. The molecule has 0 saturated heterocycles. The Hall–Kier alpha value is -1.55. The summed E-state index contributed by atoms with van der Waals surface area (Å²) in [6.45, 7) is 3.79. The minimum absolute atomic E-state index is 0.0723. The number of hydrogen-bond acceptors (Lipinski definition) is 3. The van der Waals surface area contributed by atoms with Gasteiger partial charge in [0.25, 0.3) is 5.91 Å². The van der Waals surface area contributed by atoms with Crippen molar-refractivity contribution in [2.24, 2.45) is 0 Å². The number of benzene rings is 1. The van der Waals surface area contributed by atoms with Crippen LogP contribution in [0.2, 0.25) is 0 Å². The van der Waals surface area contributed by atoms with Gasteiger partial charge in [-0.15, -0.1) is 0 Å². The van der Waals surface area contributed by atoms with Gasteiger partial charge >= 0.3 is 0 Å². The van der Waals surface area contributed by atoms with Crippen molar-refractivity contribution in [3.05, 3.63) is 29.3 Å². The molecule has 106 valence electrons. The molecule has 0 aliphatic carbocycles. The highest BCUT2D eigenvalue weighted by Crippen LogP contribution is 2.18. The van der Waals surface area contributed by atoms with Crippen LogP contribution in [0.4, 0.5) is 5.69 Å². The number of nitrogens with zero attached hydrogens (tertiary/aromatic N) is 2. The standard InChI is InChI=1S/C15H25N3O/c1-12-7-8-13(14(11-12)16-2)15(19)18(5)10-6-9-17(3)4/h7-8,11,16H,6,9-10H2,1-5H3. The number of aryl methyl sites for hydroxylation is 1. The second-order valence-electron chi connectivity index (χ2n) is 5.18. The quantitative estimate of drug-likeness (QED) is 0.853. The average molecular weight is 263 g/mol. The molecule has 1 amide bonds. The van der Waals surface area contributed by atoms with Crippen LogP contribution >= 0.6 is 0 Å². The van der Waals surface area contributed by atoms with Crippen LogP contribution in [0.1, 0.15) is 22.3 Å². The van der Waals surface area contributed by atoms with E-state index in [1.807, 2.05) is 53.3 Å².